The largest absolute Gasteiger partial charge is 0.481 e. The van der Waals surface area contributed by atoms with E-state index in [0.29, 0.717) is 53.8 Å². The molecule has 9 heteroatoms. The van der Waals surface area contributed by atoms with Gasteiger partial charge in [-0.2, -0.15) is 0 Å². The summed E-state index contributed by atoms with van der Waals surface area (Å²) in [6.45, 7) is 4.36. The van der Waals surface area contributed by atoms with E-state index in [4.69, 9.17) is 25.6 Å². The van der Waals surface area contributed by atoms with Crippen molar-refractivity contribution in [3.05, 3.63) is 94.6 Å². The Bertz CT molecular complexity index is 1510. The van der Waals surface area contributed by atoms with Crippen molar-refractivity contribution in [1.29, 1.82) is 0 Å². The third-order valence-corrected chi connectivity index (χ3v) is 7.73. The van der Waals surface area contributed by atoms with E-state index in [9.17, 15) is 14.7 Å². The van der Waals surface area contributed by atoms with Crippen LogP contribution < -0.4 is 5.32 Å². The van der Waals surface area contributed by atoms with E-state index in [1.54, 1.807) is 26.0 Å². The molecule has 0 radical (unpaired) electrons. The Hall–Kier alpha value is -4.14. The summed E-state index contributed by atoms with van der Waals surface area (Å²) in [5.41, 5.74) is 4.13. The summed E-state index contributed by atoms with van der Waals surface area (Å²) in [4.78, 5) is 24.8. The molecule has 4 aromatic rings. The summed E-state index contributed by atoms with van der Waals surface area (Å²) in [6.07, 6.45) is -0.300. The third kappa shape index (κ3) is 5.46. The lowest BCUT2D eigenvalue weighted by atomic mass is 9.74. The maximum atomic E-state index is 12.7. The number of hydrogen-bond donors (Lipinski definition) is 2. The maximum Gasteiger partial charge on any atom is 0.412 e. The number of aliphatic carboxylic acids is 1. The number of carbonyl (C=O) groups is 2. The number of carboxylic acids is 1. The first-order valence-corrected chi connectivity index (χ1v) is 13.4. The average molecular weight is 561 g/mol. The lowest BCUT2D eigenvalue weighted by Gasteiger charge is -2.33. The van der Waals surface area contributed by atoms with Gasteiger partial charge in [0.25, 0.3) is 0 Å². The molecule has 1 fully saturated rings. The molecule has 0 spiro atoms. The van der Waals surface area contributed by atoms with E-state index >= 15 is 0 Å². The zero-order chi connectivity index (χ0) is 28.3. The summed E-state index contributed by atoms with van der Waals surface area (Å²) in [5, 5.41) is 17.2. The highest BCUT2D eigenvalue weighted by atomic mass is 35.5. The smallest absolute Gasteiger partial charge is 0.412 e. The van der Waals surface area contributed by atoms with Crippen LogP contribution in [0.1, 0.15) is 42.7 Å². The van der Waals surface area contributed by atoms with Crippen molar-refractivity contribution < 1.29 is 28.7 Å². The van der Waals surface area contributed by atoms with Gasteiger partial charge in [-0.3, -0.25) is 10.1 Å². The Morgan fingerprint density at radius 1 is 0.975 bits per heavy atom. The van der Waals surface area contributed by atoms with E-state index in [2.05, 4.69) is 10.5 Å². The number of carbonyl (C=O) groups excluding carboxylic acids is 1. The SMILES string of the molecule is Cc1noc(-c2ccc(-c3ccc(C4(C(=O)O)CCOCC4)cc3)cc2)c1NC(=O)O[C@H](C)c1ccccc1Cl. The van der Waals surface area contributed by atoms with Crippen molar-refractivity contribution in [3.63, 3.8) is 0 Å². The molecule has 8 nitrogen and oxygen atoms in total. The summed E-state index contributed by atoms with van der Waals surface area (Å²) in [5.74, 6) is -0.411. The fourth-order valence-electron chi connectivity index (χ4n) is 5.02. The van der Waals surface area contributed by atoms with Crippen molar-refractivity contribution >= 4 is 29.4 Å². The second kappa shape index (κ2) is 11.5. The molecule has 2 N–H and O–H groups in total. The van der Waals surface area contributed by atoms with Crippen LogP contribution in [0.2, 0.25) is 5.02 Å². The van der Waals surface area contributed by atoms with Gasteiger partial charge >= 0.3 is 12.1 Å². The first-order chi connectivity index (χ1) is 19.3. The molecule has 40 heavy (non-hydrogen) atoms. The molecule has 5 rings (SSSR count). The fourth-order valence-corrected chi connectivity index (χ4v) is 5.31. The lowest BCUT2D eigenvalue weighted by molar-refractivity contribution is -0.147. The van der Waals surface area contributed by atoms with E-state index in [1.807, 2.05) is 60.7 Å². The minimum Gasteiger partial charge on any atom is -0.481 e. The predicted octanol–water partition coefficient (Wildman–Crippen LogP) is 7.41. The molecular weight excluding hydrogens is 532 g/mol. The Labute approximate surface area is 236 Å². The Morgan fingerprint density at radius 3 is 2.20 bits per heavy atom. The number of benzene rings is 3. The van der Waals surface area contributed by atoms with E-state index in [1.165, 1.54) is 0 Å². The summed E-state index contributed by atoms with van der Waals surface area (Å²) in [7, 11) is 0. The monoisotopic (exact) mass is 560 g/mol. The minimum atomic E-state index is -0.916. The minimum absolute atomic E-state index is 0.407. The molecule has 0 unspecified atom stereocenters. The maximum absolute atomic E-state index is 12.7. The number of anilines is 1. The quantitative estimate of drug-likeness (QED) is 0.242. The van der Waals surface area contributed by atoms with Gasteiger partial charge < -0.3 is 19.1 Å². The fraction of sp³-hybridized carbons (Fsp3) is 0.258. The number of amides is 1. The van der Waals surface area contributed by atoms with Gasteiger partial charge in [0.1, 0.15) is 17.5 Å². The number of nitrogens with zero attached hydrogens (tertiary/aromatic N) is 1. The van der Waals surface area contributed by atoms with Gasteiger partial charge in [0.2, 0.25) is 0 Å². The molecule has 0 saturated carbocycles. The molecule has 1 aliphatic rings. The van der Waals surface area contributed by atoms with Crippen molar-refractivity contribution in [2.45, 2.75) is 38.2 Å². The number of carboxylic acid groups (broad SMARTS) is 1. The molecule has 1 aliphatic heterocycles. The van der Waals surface area contributed by atoms with Gasteiger partial charge in [-0.1, -0.05) is 83.5 Å². The van der Waals surface area contributed by atoms with Crippen LogP contribution in [0.3, 0.4) is 0 Å². The molecule has 3 aromatic carbocycles. The molecule has 1 saturated heterocycles. The topological polar surface area (TPSA) is 111 Å². The number of ether oxygens (including phenoxy) is 2. The van der Waals surface area contributed by atoms with Crippen LogP contribution in [-0.2, 0) is 19.7 Å². The molecule has 206 valence electrons. The van der Waals surface area contributed by atoms with Crippen molar-refractivity contribution in [1.82, 2.24) is 5.16 Å². The molecule has 1 aromatic heterocycles. The van der Waals surface area contributed by atoms with Gasteiger partial charge in [0.15, 0.2) is 5.76 Å². The first-order valence-electron chi connectivity index (χ1n) is 13.0. The van der Waals surface area contributed by atoms with Crippen LogP contribution in [0, 0.1) is 6.92 Å². The Morgan fingerprint density at radius 2 is 1.57 bits per heavy atom. The van der Waals surface area contributed by atoms with Crippen LogP contribution in [0.25, 0.3) is 22.5 Å². The normalized spacial score (nSPS) is 15.3. The number of aryl methyl sites for hydroxylation is 1. The number of halogens is 1. The standard InChI is InChI=1S/C31H29ClN2O6/c1-19-27(33-30(37)39-20(2)25-5-3-4-6-26(25)32)28(40-34-19)23-9-7-21(8-10-23)22-11-13-24(14-12-22)31(29(35)36)15-17-38-18-16-31/h3-14,20H,15-18H2,1-2H3,(H,33,37)(H,35,36)/t20-/m1/s1. The third-order valence-electron chi connectivity index (χ3n) is 7.39. The number of hydrogen-bond acceptors (Lipinski definition) is 6. The number of nitrogens with one attached hydrogen (secondary N) is 1. The van der Waals surface area contributed by atoms with Crippen molar-refractivity contribution in [2.75, 3.05) is 18.5 Å². The summed E-state index contributed by atoms with van der Waals surface area (Å²) in [6, 6.07) is 22.5. The van der Waals surface area contributed by atoms with Gasteiger partial charge in [-0.05, 0) is 49.4 Å². The van der Waals surface area contributed by atoms with Crippen LogP contribution >= 0.6 is 11.6 Å². The van der Waals surface area contributed by atoms with Gasteiger partial charge in [0, 0.05) is 29.4 Å². The van der Waals surface area contributed by atoms with Crippen molar-refractivity contribution in [3.8, 4) is 22.5 Å². The highest BCUT2D eigenvalue weighted by Crippen LogP contribution is 2.37. The summed E-state index contributed by atoms with van der Waals surface area (Å²) >= 11 is 6.23. The molecular formula is C31H29ClN2O6. The summed E-state index contributed by atoms with van der Waals surface area (Å²) < 4.78 is 16.5. The van der Waals surface area contributed by atoms with Crippen LogP contribution in [0.15, 0.2) is 77.3 Å². The van der Waals surface area contributed by atoms with Gasteiger partial charge in [-0.25, -0.2) is 4.79 Å². The molecule has 1 amide bonds. The van der Waals surface area contributed by atoms with E-state index in [0.717, 1.165) is 22.3 Å². The lowest BCUT2D eigenvalue weighted by Crippen LogP contribution is -2.41. The highest BCUT2D eigenvalue weighted by molar-refractivity contribution is 6.31. The second-order valence-corrected chi connectivity index (χ2v) is 10.2. The van der Waals surface area contributed by atoms with Crippen molar-refractivity contribution in [2.24, 2.45) is 0 Å². The molecule has 2 heterocycles. The molecule has 0 bridgehead atoms. The number of aromatic nitrogens is 1. The van der Waals surface area contributed by atoms with Crippen LogP contribution in [0.5, 0.6) is 0 Å². The average Bonchev–Trinajstić information content (AvgIpc) is 3.33. The highest BCUT2D eigenvalue weighted by Gasteiger charge is 2.41. The zero-order valence-electron chi connectivity index (χ0n) is 22.1. The van der Waals surface area contributed by atoms with E-state index in [-0.39, 0.29) is 0 Å². The molecule has 1 atom stereocenters. The van der Waals surface area contributed by atoms with Gasteiger partial charge in [0.05, 0.1) is 5.41 Å². The zero-order valence-corrected chi connectivity index (χ0v) is 22.9. The van der Waals surface area contributed by atoms with Crippen LogP contribution in [0.4, 0.5) is 10.5 Å². The predicted molar refractivity (Wildman–Crippen MR) is 151 cm³/mol. The Kier molecular flexibility index (Phi) is 7.91. The second-order valence-electron chi connectivity index (χ2n) is 9.82. The Balaban J connectivity index is 1.31. The van der Waals surface area contributed by atoms with Crippen LogP contribution in [-0.4, -0.2) is 35.5 Å². The van der Waals surface area contributed by atoms with E-state index < -0.39 is 23.6 Å². The molecule has 0 aliphatic carbocycles. The first kappa shape index (κ1) is 27.4. The number of rotatable bonds is 7. The van der Waals surface area contributed by atoms with Gasteiger partial charge in [-0.15, -0.1) is 0 Å².